The second-order valence-corrected chi connectivity index (χ2v) is 7.17. The van der Waals surface area contributed by atoms with Gasteiger partial charge in [-0.3, -0.25) is 23.5 Å². The maximum absolute atomic E-state index is 13.8. The van der Waals surface area contributed by atoms with Crippen molar-refractivity contribution in [2.75, 3.05) is 12.3 Å². The number of aromatic nitrogens is 2. The third-order valence-electron chi connectivity index (χ3n) is 4.66. The number of nitrogens with zero attached hydrogens (tertiary/aromatic N) is 2. The zero-order valence-electron chi connectivity index (χ0n) is 17.5. The van der Waals surface area contributed by atoms with Crippen LogP contribution in [-0.4, -0.2) is 39.4 Å². The van der Waals surface area contributed by atoms with E-state index in [2.05, 4.69) is 5.32 Å². The van der Waals surface area contributed by atoms with Crippen LogP contribution >= 0.6 is 0 Å². The largest absolute Gasteiger partial charge is 0.456 e. The van der Waals surface area contributed by atoms with Gasteiger partial charge in [0.05, 0.1) is 5.56 Å². The first-order valence-electron chi connectivity index (χ1n) is 9.28. The Labute approximate surface area is 176 Å². The summed E-state index contributed by atoms with van der Waals surface area (Å²) in [7, 11) is 2.47. The number of carbonyl (C=O) groups is 3. The Morgan fingerprint density at radius 2 is 1.74 bits per heavy atom. The first-order valence-corrected chi connectivity index (χ1v) is 9.28. The topological polar surface area (TPSA) is 142 Å². The lowest BCUT2D eigenvalue weighted by molar-refractivity contribution is -0.145. The summed E-state index contributed by atoms with van der Waals surface area (Å²) in [5, 5.41) is 2.38. The zero-order chi connectivity index (χ0) is 23.5. The molecule has 0 spiro atoms. The molecule has 1 aromatic heterocycles. The van der Waals surface area contributed by atoms with Gasteiger partial charge in [0.15, 0.2) is 6.61 Å². The van der Waals surface area contributed by atoms with Gasteiger partial charge in [-0.05, 0) is 18.1 Å². The number of ketones is 1. The first-order chi connectivity index (χ1) is 14.5. The van der Waals surface area contributed by atoms with Crippen LogP contribution in [-0.2, 0) is 23.6 Å². The summed E-state index contributed by atoms with van der Waals surface area (Å²) in [5.74, 6) is -4.25. The van der Waals surface area contributed by atoms with Crippen LogP contribution in [0.25, 0.3) is 0 Å². The summed E-state index contributed by atoms with van der Waals surface area (Å²) >= 11 is 0. The molecule has 1 aromatic carbocycles. The number of hydrogen-bond acceptors (Lipinski definition) is 7. The van der Waals surface area contributed by atoms with E-state index in [1.54, 1.807) is 13.8 Å². The molecule has 0 fully saturated rings. The zero-order valence-corrected chi connectivity index (χ0v) is 17.5. The molecule has 1 atom stereocenters. The van der Waals surface area contributed by atoms with Gasteiger partial charge in [-0.25, -0.2) is 14.0 Å². The van der Waals surface area contributed by atoms with Crippen molar-refractivity contribution in [3.05, 3.63) is 62.0 Å². The lowest BCUT2D eigenvalue weighted by atomic mass is 10.0. The molecule has 0 saturated heterocycles. The van der Waals surface area contributed by atoms with Crippen LogP contribution < -0.4 is 22.3 Å². The minimum absolute atomic E-state index is 0.251. The highest BCUT2D eigenvalue weighted by Crippen LogP contribution is 2.11. The second kappa shape index (κ2) is 9.37. The summed E-state index contributed by atoms with van der Waals surface area (Å²) in [4.78, 5) is 61.3. The number of nitrogens with one attached hydrogen (secondary N) is 1. The molecule has 1 unspecified atom stereocenters. The van der Waals surface area contributed by atoms with Crippen LogP contribution in [0.3, 0.4) is 0 Å². The summed E-state index contributed by atoms with van der Waals surface area (Å²) < 4.78 is 20.4. The van der Waals surface area contributed by atoms with E-state index in [4.69, 9.17) is 10.5 Å². The Balaban J connectivity index is 2.17. The number of hydrogen-bond donors (Lipinski definition) is 2. The van der Waals surface area contributed by atoms with Crippen LogP contribution in [0.15, 0.2) is 33.9 Å². The average Bonchev–Trinajstić information content (AvgIpc) is 2.73. The summed E-state index contributed by atoms with van der Waals surface area (Å²) in [5.41, 5.74) is 3.33. The summed E-state index contributed by atoms with van der Waals surface area (Å²) in [6, 6.07) is 4.07. The molecular formula is C20H23FN4O6. The van der Waals surface area contributed by atoms with Crippen LogP contribution in [0.1, 0.15) is 34.6 Å². The van der Waals surface area contributed by atoms with Crippen molar-refractivity contribution in [3.8, 4) is 0 Å². The molecule has 2 aromatic rings. The molecular weight excluding hydrogens is 411 g/mol. The standard InChI is InChI=1S/C20H23FN4O6/c1-10(2)15(23-17(27)11-7-5-6-8-12(11)21)19(29)31-9-13(26)14-16(22)24(3)20(30)25(4)18(14)28/h5-8,10,15H,9,22H2,1-4H3,(H,23,27). The quantitative estimate of drug-likeness (QED) is 0.461. The van der Waals surface area contributed by atoms with E-state index in [0.717, 1.165) is 10.6 Å². The molecule has 0 bridgehead atoms. The number of nitrogens with two attached hydrogens (primary N) is 1. The van der Waals surface area contributed by atoms with Gasteiger partial charge < -0.3 is 15.8 Å². The van der Waals surface area contributed by atoms with E-state index < -0.39 is 58.9 Å². The highest BCUT2D eigenvalue weighted by molar-refractivity contribution is 6.02. The first kappa shape index (κ1) is 23.5. The van der Waals surface area contributed by atoms with E-state index in [1.165, 1.54) is 32.3 Å². The van der Waals surface area contributed by atoms with Gasteiger partial charge >= 0.3 is 11.7 Å². The number of ether oxygens (including phenoxy) is 1. The Kier molecular flexibility index (Phi) is 7.11. The summed E-state index contributed by atoms with van der Waals surface area (Å²) in [6.45, 7) is 2.40. The molecule has 3 N–H and O–H groups in total. The number of benzene rings is 1. The van der Waals surface area contributed by atoms with Gasteiger partial charge in [0.1, 0.15) is 23.2 Å². The molecule has 10 nitrogen and oxygen atoms in total. The number of amides is 1. The van der Waals surface area contributed by atoms with Crippen LogP contribution in [0, 0.1) is 11.7 Å². The minimum atomic E-state index is -1.18. The lowest BCUT2D eigenvalue weighted by Gasteiger charge is -2.21. The predicted molar refractivity (Wildman–Crippen MR) is 109 cm³/mol. The Morgan fingerprint density at radius 1 is 1.13 bits per heavy atom. The smallest absolute Gasteiger partial charge is 0.332 e. The third kappa shape index (κ3) is 4.87. The van der Waals surface area contributed by atoms with Crippen molar-refractivity contribution in [2.45, 2.75) is 19.9 Å². The second-order valence-electron chi connectivity index (χ2n) is 7.17. The van der Waals surface area contributed by atoms with Crippen molar-refractivity contribution >= 4 is 23.5 Å². The highest BCUT2D eigenvalue weighted by Gasteiger charge is 2.29. The normalized spacial score (nSPS) is 11.8. The molecule has 2 rings (SSSR count). The Hall–Kier alpha value is -3.76. The van der Waals surface area contributed by atoms with Gasteiger partial charge in [-0.1, -0.05) is 26.0 Å². The minimum Gasteiger partial charge on any atom is -0.456 e. The number of carbonyl (C=O) groups excluding carboxylic acids is 3. The van der Waals surface area contributed by atoms with Gasteiger partial charge in [0, 0.05) is 14.1 Å². The fourth-order valence-corrected chi connectivity index (χ4v) is 2.78. The molecule has 0 aliphatic heterocycles. The summed E-state index contributed by atoms with van der Waals surface area (Å²) in [6.07, 6.45) is 0. The van der Waals surface area contributed by atoms with Gasteiger partial charge in [-0.2, -0.15) is 0 Å². The molecule has 0 radical (unpaired) electrons. The monoisotopic (exact) mass is 434 g/mol. The Bertz CT molecular complexity index is 1150. The van der Waals surface area contributed by atoms with Crippen molar-refractivity contribution in [2.24, 2.45) is 20.0 Å². The highest BCUT2D eigenvalue weighted by atomic mass is 19.1. The molecule has 0 aliphatic rings. The van der Waals surface area contributed by atoms with E-state index in [9.17, 15) is 28.4 Å². The van der Waals surface area contributed by atoms with Crippen molar-refractivity contribution in [3.63, 3.8) is 0 Å². The van der Waals surface area contributed by atoms with Gasteiger partial charge in [0.2, 0.25) is 5.78 Å². The number of anilines is 1. The van der Waals surface area contributed by atoms with Crippen molar-refractivity contribution in [1.29, 1.82) is 0 Å². The number of halogens is 1. The molecule has 0 saturated carbocycles. The van der Waals surface area contributed by atoms with Crippen LogP contribution in [0.5, 0.6) is 0 Å². The average molecular weight is 434 g/mol. The van der Waals surface area contributed by atoms with Gasteiger partial charge in [-0.15, -0.1) is 0 Å². The van der Waals surface area contributed by atoms with Crippen molar-refractivity contribution < 1.29 is 23.5 Å². The SMILES string of the molecule is CC(C)C(NC(=O)c1ccccc1F)C(=O)OCC(=O)c1c(N)n(C)c(=O)n(C)c1=O. The van der Waals surface area contributed by atoms with E-state index >= 15 is 0 Å². The number of esters is 1. The number of rotatable bonds is 7. The number of nitrogen functional groups attached to an aromatic ring is 1. The number of Topliss-reactive ketones (excluding diaryl/α,β-unsaturated/α-hetero) is 1. The molecule has 166 valence electrons. The Morgan fingerprint density at radius 3 is 2.32 bits per heavy atom. The maximum atomic E-state index is 13.8. The fourth-order valence-electron chi connectivity index (χ4n) is 2.78. The van der Waals surface area contributed by atoms with Crippen molar-refractivity contribution in [1.82, 2.24) is 14.5 Å². The molecule has 1 heterocycles. The van der Waals surface area contributed by atoms with Gasteiger partial charge in [0.25, 0.3) is 11.5 Å². The molecule has 31 heavy (non-hydrogen) atoms. The van der Waals surface area contributed by atoms with E-state index in [0.29, 0.717) is 4.57 Å². The maximum Gasteiger partial charge on any atom is 0.332 e. The van der Waals surface area contributed by atoms with Crippen LogP contribution in [0.2, 0.25) is 0 Å². The molecule has 11 heteroatoms. The fraction of sp³-hybridized carbons (Fsp3) is 0.350. The molecule has 1 amide bonds. The predicted octanol–water partition coefficient (Wildman–Crippen LogP) is -0.0142. The van der Waals surface area contributed by atoms with Crippen LogP contribution in [0.4, 0.5) is 10.2 Å². The molecule has 0 aliphatic carbocycles. The third-order valence-corrected chi connectivity index (χ3v) is 4.66. The van der Waals surface area contributed by atoms with E-state index in [1.807, 2.05) is 0 Å². The lowest BCUT2D eigenvalue weighted by Crippen LogP contribution is -2.46. The van der Waals surface area contributed by atoms with E-state index in [-0.39, 0.29) is 11.4 Å².